The molecular weight excluding hydrogens is 342 g/mol. The quantitative estimate of drug-likeness (QED) is 0.808. The molecule has 2 unspecified atom stereocenters. The highest BCUT2D eigenvalue weighted by Crippen LogP contribution is 2.33. The molecule has 2 aromatic rings. The molecule has 1 saturated heterocycles. The zero-order chi connectivity index (χ0) is 16.7. The minimum atomic E-state index is -0.745. The second kappa shape index (κ2) is 6.57. The molecular formula is C16H23N5OS2. The summed E-state index contributed by atoms with van der Waals surface area (Å²) in [5.74, 6) is 1.43. The van der Waals surface area contributed by atoms with Gasteiger partial charge in [-0.2, -0.15) is 5.10 Å². The van der Waals surface area contributed by atoms with Gasteiger partial charge in [0.1, 0.15) is 0 Å². The zero-order valence-electron chi connectivity index (χ0n) is 14.1. The molecule has 24 heavy (non-hydrogen) atoms. The van der Waals surface area contributed by atoms with Gasteiger partial charge in [-0.15, -0.1) is 11.3 Å². The lowest BCUT2D eigenvalue weighted by molar-refractivity contribution is 0.207. The van der Waals surface area contributed by atoms with Crippen LogP contribution in [0.25, 0.3) is 0 Å². The minimum absolute atomic E-state index is 0.166. The van der Waals surface area contributed by atoms with E-state index in [4.69, 9.17) is 4.98 Å². The molecule has 1 aliphatic heterocycles. The van der Waals surface area contributed by atoms with Crippen LogP contribution >= 0.6 is 11.3 Å². The molecule has 0 bridgehead atoms. The van der Waals surface area contributed by atoms with Crippen molar-refractivity contribution in [2.75, 3.05) is 30.0 Å². The molecule has 0 N–H and O–H groups in total. The second-order valence-corrected chi connectivity index (χ2v) is 9.17. The highest BCUT2D eigenvalue weighted by atomic mass is 32.2. The number of rotatable bonds is 5. The van der Waals surface area contributed by atoms with E-state index in [0.29, 0.717) is 11.8 Å². The maximum atomic E-state index is 12.1. The Bertz CT molecular complexity index is 738. The third kappa shape index (κ3) is 3.41. The standard InChI is InChI=1S/C16H23N5OS2/c1-19-8-12(7-17-19)15-11-24(22)6-5-21(15)9-13-10-23-16(18-13)20(2)14-3-4-14/h7-8,10,14-15H,3-6,9,11H2,1-2H3. The normalized spacial score (nSPS) is 25.1. The molecule has 4 rings (SSSR count). The van der Waals surface area contributed by atoms with E-state index in [0.717, 1.165) is 35.2 Å². The fourth-order valence-corrected chi connectivity index (χ4v) is 5.42. The SMILES string of the molecule is CN(c1nc(CN2CCS(=O)CC2c2cnn(C)c2)cs1)C1CC1. The predicted octanol–water partition coefficient (Wildman–Crippen LogP) is 1.78. The average molecular weight is 366 g/mol. The highest BCUT2D eigenvalue weighted by molar-refractivity contribution is 7.85. The van der Waals surface area contributed by atoms with Gasteiger partial charge in [0.2, 0.25) is 0 Å². The van der Waals surface area contributed by atoms with E-state index in [9.17, 15) is 4.21 Å². The predicted molar refractivity (Wildman–Crippen MR) is 97.8 cm³/mol. The third-order valence-electron chi connectivity index (χ3n) is 4.80. The van der Waals surface area contributed by atoms with Crippen molar-refractivity contribution in [3.63, 3.8) is 0 Å². The molecule has 6 nitrogen and oxygen atoms in total. The Morgan fingerprint density at radius 1 is 1.46 bits per heavy atom. The number of hydrogen-bond acceptors (Lipinski definition) is 6. The van der Waals surface area contributed by atoms with Gasteiger partial charge in [0.05, 0.1) is 11.9 Å². The fourth-order valence-electron chi connectivity index (χ4n) is 3.21. The van der Waals surface area contributed by atoms with E-state index in [2.05, 4.69) is 27.3 Å². The van der Waals surface area contributed by atoms with Crippen LogP contribution in [0.1, 0.15) is 30.1 Å². The Balaban J connectivity index is 1.50. The molecule has 0 aromatic carbocycles. The van der Waals surface area contributed by atoms with Gasteiger partial charge in [-0.05, 0) is 12.8 Å². The van der Waals surface area contributed by atoms with Gasteiger partial charge < -0.3 is 4.90 Å². The molecule has 2 fully saturated rings. The van der Waals surface area contributed by atoms with E-state index in [-0.39, 0.29) is 6.04 Å². The van der Waals surface area contributed by atoms with E-state index in [1.807, 2.05) is 24.1 Å². The molecule has 1 aliphatic carbocycles. The van der Waals surface area contributed by atoms with Gasteiger partial charge in [-0.1, -0.05) is 0 Å². The van der Waals surface area contributed by atoms with Crippen LogP contribution in [0.5, 0.6) is 0 Å². The molecule has 2 aromatic heterocycles. The smallest absolute Gasteiger partial charge is 0.185 e. The van der Waals surface area contributed by atoms with Crippen LogP contribution in [0.2, 0.25) is 0 Å². The Morgan fingerprint density at radius 2 is 2.29 bits per heavy atom. The number of aryl methyl sites for hydroxylation is 1. The van der Waals surface area contributed by atoms with Crippen LogP contribution < -0.4 is 4.90 Å². The van der Waals surface area contributed by atoms with E-state index in [1.54, 1.807) is 11.3 Å². The molecule has 130 valence electrons. The zero-order valence-corrected chi connectivity index (χ0v) is 15.7. The van der Waals surface area contributed by atoms with Crippen molar-refractivity contribution in [1.29, 1.82) is 0 Å². The lowest BCUT2D eigenvalue weighted by Gasteiger charge is -2.34. The van der Waals surface area contributed by atoms with Gasteiger partial charge in [0.15, 0.2) is 5.13 Å². The van der Waals surface area contributed by atoms with Crippen molar-refractivity contribution >= 4 is 27.3 Å². The summed E-state index contributed by atoms with van der Waals surface area (Å²) < 4.78 is 13.9. The number of nitrogens with zero attached hydrogens (tertiary/aromatic N) is 5. The molecule has 2 aliphatic rings. The van der Waals surface area contributed by atoms with Gasteiger partial charge in [0, 0.05) is 78.7 Å². The van der Waals surface area contributed by atoms with Crippen LogP contribution in [0.3, 0.4) is 0 Å². The van der Waals surface area contributed by atoms with Crippen LogP contribution in [0.15, 0.2) is 17.8 Å². The van der Waals surface area contributed by atoms with Crippen molar-refractivity contribution in [3.8, 4) is 0 Å². The molecule has 3 heterocycles. The summed E-state index contributed by atoms with van der Waals surface area (Å²) in [7, 11) is 3.32. The Hall–Kier alpha value is -1.25. The molecule has 0 radical (unpaired) electrons. The summed E-state index contributed by atoms with van der Waals surface area (Å²) in [5, 5.41) is 7.57. The summed E-state index contributed by atoms with van der Waals surface area (Å²) in [6.45, 7) is 1.66. The maximum Gasteiger partial charge on any atom is 0.185 e. The molecule has 8 heteroatoms. The van der Waals surface area contributed by atoms with Crippen molar-refractivity contribution < 1.29 is 4.21 Å². The summed E-state index contributed by atoms with van der Waals surface area (Å²) in [6.07, 6.45) is 6.50. The summed E-state index contributed by atoms with van der Waals surface area (Å²) in [5.41, 5.74) is 2.26. The van der Waals surface area contributed by atoms with E-state index < -0.39 is 10.8 Å². The first-order chi connectivity index (χ1) is 11.6. The number of thiazole rings is 1. The molecule has 0 spiro atoms. The van der Waals surface area contributed by atoms with E-state index in [1.165, 1.54) is 12.8 Å². The first-order valence-electron chi connectivity index (χ1n) is 8.35. The molecule has 1 saturated carbocycles. The summed E-state index contributed by atoms with van der Waals surface area (Å²) >= 11 is 1.73. The second-order valence-electron chi connectivity index (χ2n) is 6.71. The Morgan fingerprint density at radius 3 is 3.00 bits per heavy atom. The summed E-state index contributed by atoms with van der Waals surface area (Å²) in [4.78, 5) is 9.52. The maximum absolute atomic E-state index is 12.1. The van der Waals surface area contributed by atoms with Crippen molar-refractivity contribution in [1.82, 2.24) is 19.7 Å². The van der Waals surface area contributed by atoms with Gasteiger partial charge in [-0.3, -0.25) is 13.8 Å². The van der Waals surface area contributed by atoms with Crippen LogP contribution in [-0.4, -0.2) is 55.0 Å². The van der Waals surface area contributed by atoms with Crippen molar-refractivity contribution in [2.45, 2.75) is 31.5 Å². The first-order valence-corrected chi connectivity index (χ1v) is 10.7. The largest absolute Gasteiger partial charge is 0.348 e. The van der Waals surface area contributed by atoms with Gasteiger partial charge in [0.25, 0.3) is 0 Å². The van der Waals surface area contributed by atoms with Crippen molar-refractivity contribution in [2.24, 2.45) is 7.05 Å². The third-order valence-corrected chi connectivity index (χ3v) is 7.11. The van der Waals surface area contributed by atoms with Crippen LogP contribution in [0, 0.1) is 0 Å². The first kappa shape index (κ1) is 16.2. The summed E-state index contributed by atoms with van der Waals surface area (Å²) in [6, 6.07) is 0.851. The number of anilines is 1. The topological polar surface area (TPSA) is 54.3 Å². The van der Waals surface area contributed by atoms with Crippen LogP contribution in [0.4, 0.5) is 5.13 Å². The molecule has 2 atom stereocenters. The highest BCUT2D eigenvalue weighted by Gasteiger charge is 2.30. The average Bonchev–Trinajstić information content (AvgIpc) is 3.17. The lowest BCUT2D eigenvalue weighted by atomic mass is 10.1. The van der Waals surface area contributed by atoms with E-state index >= 15 is 0 Å². The van der Waals surface area contributed by atoms with Gasteiger partial charge >= 0.3 is 0 Å². The van der Waals surface area contributed by atoms with Crippen molar-refractivity contribution in [3.05, 3.63) is 29.0 Å². The molecule has 0 amide bonds. The minimum Gasteiger partial charge on any atom is -0.348 e. The Labute approximate surface area is 148 Å². The van der Waals surface area contributed by atoms with Gasteiger partial charge in [-0.25, -0.2) is 4.98 Å². The Kier molecular flexibility index (Phi) is 4.44. The fraction of sp³-hybridized carbons (Fsp3) is 0.625. The number of hydrogen-bond donors (Lipinski definition) is 0. The lowest BCUT2D eigenvalue weighted by Crippen LogP contribution is -2.40. The van der Waals surface area contributed by atoms with Crippen LogP contribution in [-0.2, 0) is 24.4 Å². The number of aromatic nitrogens is 3. The monoisotopic (exact) mass is 365 g/mol.